The van der Waals surface area contributed by atoms with Crippen molar-refractivity contribution in [3.8, 4) is 0 Å². The van der Waals surface area contributed by atoms with Gasteiger partial charge in [0.1, 0.15) is 12.6 Å². The van der Waals surface area contributed by atoms with Gasteiger partial charge in [-0.25, -0.2) is 0 Å². The number of rotatable bonds is 38. The number of quaternary nitrogens is 1. The molecule has 0 amide bonds. The maximum absolute atomic E-state index is 12.7. The lowest BCUT2D eigenvalue weighted by Crippen LogP contribution is -2.55. The highest BCUT2D eigenvalue weighted by molar-refractivity contribution is 5.70. The molecular weight excluding hydrogens is 763 g/mol. The highest BCUT2D eigenvalue weighted by atomic mass is 16.6. The van der Waals surface area contributed by atoms with Gasteiger partial charge in [0.05, 0.1) is 40.3 Å². The van der Waals surface area contributed by atoms with E-state index in [1.165, 1.54) is 0 Å². The number of esters is 2. The minimum Gasteiger partial charge on any atom is -0.544 e. The van der Waals surface area contributed by atoms with Crippen LogP contribution >= 0.6 is 0 Å². The first-order chi connectivity index (χ1) is 29.6. The Morgan fingerprint density at radius 3 is 1.18 bits per heavy atom. The molecule has 0 fully saturated rings. The van der Waals surface area contributed by atoms with Crippen LogP contribution in [-0.4, -0.2) is 75.5 Å². The van der Waals surface area contributed by atoms with Crippen molar-refractivity contribution < 1.29 is 38.2 Å². The Bertz CT molecular complexity index is 1450. The van der Waals surface area contributed by atoms with Crippen LogP contribution in [0.3, 0.4) is 0 Å². The van der Waals surface area contributed by atoms with Crippen LogP contribution in [0.5, 0.6) is 0 Å². The third-order valence-corrected chi connectivity index (χ3v) is 9.03. The maximum atomic E-state index is 12.7. The Morgan fingerprint density at radius 2 is 0.836 bits per heavy atom. The van der Waals surface area contributed by atoms with E-state index in [4.69, 9.17) is 14.2 Å². The van der Waals surface area contributed by atoms with E-state index in [-0.39, 0.29) is 49.5 Å². The second-order valence-corrected chi connectivity index (χ2v) is 15.5. The van der Waals surface area contributed by atoms with Crippen LogP contribution < -0.4 is 5.11 Å². The van der Waals surface area contributed by atoms with E-state index in [1.807, 2.05) is 0 Å². The van der Waals surface area contributed by atoms with Gasteiger partial charge in [0.2, 0.25) is 0 Å². The molecule has 0 aromatic heterocycles. The van der Waals surface area contributed by atoms with Crippen LogP contribution in [0.4, 0.5) is 0 Å². The van der Waals surface area contributed by atoms with Crippen molar-refractivity contribution in [3.05, 3.63) is 134 Å². The van der Waals surface area contributed by atoms with Crippen molar-refractivity contribution in [2.75, 3.05) is 41.0 Å². The van der Waals surface area contributed by atoms with E-state index >= 15 is 0 Å². The molecule has 0 spiro atoms. The van der Waals surface area contributed by atoms with E-state index in [1.54, 1.807) is 21.1 Å². The second-order valence-electron chi connectivity index (χ2n) is 15.5. The Hall–Kier alpha value is -4.53. The third-order valence-electron chi connectivity index (χ3n) is 9.03. The minimum absolute atomic E-state index is 0.0107. The summed E-state index contributed by atoms with van der Waals surface area (Å²) in [6.45, 7) is 4.27. The second kappa shape index (κ2) is 42.2. The number of carbonyl (C=O) groups is 3. The Balaban J connectivity index is 4.55. The fourth-order valence-electron chi connectivity index (χ4n) is 5.59. The zero-order valence-electron chi connectivity index (χ0n) is 38.5. The van der Waals surface area contributed by atoms with E-state index in [0.717, 1.165) is 83.5 Å². The molecule has 340 valence electrons. The van der Waals surface area contributed by atoms with Crippen LogP contribution in [0.25, 0.3) is 0 Å². The number of hydrogen-bond acceptors (Lipinski definition) is 7. The normalized spacial score (nSPS) is 14.2. The largest absolute Gasteiger partial charge is 0.544 e. The maximum Gasteiger partial charge on any atom is 0.306 e. The van der Waals surface area contributed by atoms with Gasteiger partial charge in [-0.2, -0.15) is 0 Å². The zero-order valence-corrected chi connectivity index (χ0v) is 38.5. The van der Waals surface area contributed by atoms with Gasteiger partial charge in [0.15, 0.2) is 6.10 Å². The number of allylic oxidation sites excluding steroid dienone is 22. The average Bonchev–Trinajstić information content (AvgIpc) is 3.22. The van der Waals surface area contributed by atoms with Crippen molar-refractivity contribution >= 4 is 17.9 Å². The van der Waals surface area contributed by atoms with Gasteiger partial charge < -0.3 is 28.6 Å². The minimum atomic E-state index is -1.15. The van der Waals surface area contributed by atoms with Gasteiger partial charge in [-0.15, -0.1) is 0 Å². The Kier molecular flexibility index (Phi) is 39.0. The van der Waals surface area contributed by atoms with Gasteiger partial charge in [0.25, 0.3) is 0 Å². The van der Waals surface area contributed by atoms with Crippen LogP contribution in [0.1, 0.15) is 129 Å². The molecule has 2 unspecified atom stereocenters. The molecule has 0 heterocycles. The molecular formula is C53H81NO7. The molecule has 8 heteroatoms. The molecule has 0 saturated heterocycles. The number of aliphatic carboxylic acids is 1. The number of unbranched alkanes of at least 4 members (excludes halogenated alkanes) is 2. The first-order valence-electron chi connectivity index (χ1n) is 22.7. The molecule has 0 aliphatic heterocycles. The molecule has 2 atom stereocenters. The molecule has 0 N–H and O–H groups in total. The fraction of sp³-hybridized carbons (Fsp3) is 0.528. The molecule has 0 aromatic rings. The van der Waals surface area contributed by atoms with Gasteiger partial charge in [-0.1, -0.05) is 148 Å². The van der Waals surface area contributed by atoms with Crippen molar-refractivity contribution in [2.45, 2.75) is 142 Å². The highest BCUT2D eigenvalue weighted by Crippen LogP contribution is 2.10. The molecule has 0 aliphatic carbocycles. The number of nitrogens with zero attached hydrogens (tertiary/aromatic N) is 1. The number of carboxylic acid groups (broad SMARTS) is 1. The Morgan fingerprint density at radius 1 is 0.492 bits per heavy atom. The van der Waals surface area contributed by atoms with Crippen molar-refractivity contribution in [1.29, 1.82) is 0 Å². The Labute approximate surface area is 371 Å². The molecule has 0 bridgehead atoms. The van der Waals surface area contributed by atoms with Crippen molar-refractivity contribution in [1.82, 2.24) is 0 Å². The molecule has 61 heavy (non-hydrogen) atoms. The van der Waals surface area contributed by atoms with Gasteiger partial charge in [0, 0.05) is 19.3 Å². The molecule has 0 radical (unpaired) electrons. The van der Waals surface area contributed by atoms with E-state index in [0.29, 0.717) is 12.8 Å². The third kappa shape index (κ3) is 40.6. The lowest BCUT2D eigenvalue weighted by molar-refractivity contribution is -0.889. The van der Waals surface area contributed by atoms with Crippen LogP contribution in [0.2, 0.25) is 0 Å². The summed E-state index contributed by atoms with van der Waals surface area (Å²) in [5, 5.41) is 11.6. The first kappa shape index (κ1) is 56.5. The summed E-state index contributed by atoms with van der Waals surface area (Å²) >= 11 is 0. The smallest absolute Gasteiger partial charge is 0.306 e. The monoisotopic (exact) mass is 844 g/mol. The molecule has 0 rings (SSSR count). The van der Waals surface area contributed by atoms with E-state index in [9.17, 15) is 19.5 Å². The van der Waals surface area contributed by atoms with Crippen molar-refractivity contribution in [3.63, 3.8) is 0 Å². The molecule has 0 aliphatic rings. The number of carbonyl (C=O) groups excluding carboxylic acids is 3. The fourth-order valence-corrected chi connectivity index (χ4v) is 5.59. The van der Waals surface area contributed by atoms with Crippen LogP contribution in [0, 0.1) is 0 Å². The summed E-state index contributed by atoms with van der Waals surface area (Å²) in [6.07, 6.45) is 60.7. The van der Waals surface area contributed by atoms with E-state index in [2.05, 4.69) is 148 Å². The number of carboxylic acids is 1. The SMILES string of the molecule is CC/C=C/C/C=C/C/C=C/C/C=C/C/C=C/C/C=C/CCCC(=O)OCC(COCCC(C(=O)[O-])[N+](C)(C)C)OC(=O)CCC/C=C/C/C=C/C/C=C/C/C=C/C/C=C/CC. The zero-order chi connectivity index (χ0) is 44.9. The van der Waals surface area contributed by atoms with Crippen molar-refractivity contribution in [2.24, 2.45) is 0 Å². The van der Waals surface area contributed by atoms with Gasteiger partial charge in [-0.3, -0.25) is 9.59 Å². The van der Waals surface area contributed by atoms with Gasteiger partial charge in [-0.05, 0) is 96.3 Å². The molecule has 8 nitrogen and oxygen atoms in total. The summed E-state index contributed by atoms with van der Waals surface area (Å²) in [4.78, 5) is 36.9. The number of likely N-dealkylation sites (N-methyl/N-ethyl adjacent to an activating group) is 1. The van der Waals surface area contributed by atoms with E-state index < -0.39 is 24.1 Å². The molecule has 0 saturated carbocycles. The first-order valence-corrected chi connectivity index (χ1v) is 22.7. The quantitative estimate of drug-likeness (QED) is 0.0264. The summed E-state index contributed by atoms with van der Waals surface area (Å²) in [7, 11) is 5.35. The predicted octanol–water partition coefficient (Wildman–Crippen LogP) is 11.5. The summed E-state index contributed by atoms with van der Waals surface area (Å²) in [5.74, 6) is -1.91. The number of ether oxygens (including phenoxy) is 3. The number of hydrogen-bond donors (Lipinski definition) is 0. The van der Waals surface area contributed by atoms with Gasteiger partial charge >= 0.3 is 11.9 Å². The predicted molar refractivity (Wildman–Crippen MR) is 253 cm³/mol. The lowest BCUT2D eigenvalue weighted by atomic mass is 10.1. The molecule has 0 aromatic carbocycles. The standard InChI is InChI=1S/C53H81NO7/c1-6-8-10-12-14-16-18-20-22-24-25-26-28-29-31-33-35-37-39-41-43-51(55)60-48-49(47-59-46-45-50(53(57)58)54(3,4)5)61-52(56)44-42-40-38-36-34-32-30-27-23-21-19-17-15-13-11-9-7-2/h8-11,14-17,20-23,25-26,29-32,35-38,49-50H,6-7,12-13,18-19,24,27-28,33-34,39-48H2,1-5H3/b10-8+,11-9+,16-14+,17-15+,22-20+,23-21+,26-25+,31-29+,32-30+,37-35+,38-36+. The summed E-state index contributed by atoms with van der Waals surface area (Å²) in [5.41, 5.74) is 0. The average molecular weight is 844 g/mol. The summed E-state index contributed by atoms with van der Waals surface area (Å²) in [6, 6.07) is -0.754. The summed E-state index contributed by atoms with van der Waals surface area (Å²) < 4.78 is 17.0. The topological polar surface area (TPSA) is 102 Å². The van der Waals surface area contributed by atoms with Crippen LogP contribution in [0.15, 0.2) is 134 Å². The highest BCUT2D eigenvalue weighted by Gasteiger charge is 2.25. The lowest BCUT2D eigenvalue weighted by Gasteiger charge is -2.34. The van der Waals surface area contributed by atoms with Crippen LogP contribution in [-0.2, 0) is 28.6 Å².